The number of hydrogen-bond acceptors (Lipinski definition) is 13. The quantitative estimate of drug-likeness (QED) is 0.162. The highest BCUT2D eigenvalue weighted by Crippen LogP contribution is 2.44. The highest BCUT2D eigenvalue weighted by Gasteiger charge is 2.62. The monoisotopic (exact) mass is 918 g/mol. The van der Waals surface area contributed by atoms with E-state index in [2.05, 4.69) is 4.98 Å². The van der Waals surface area contributed by atoms with Crippen LogP contribution in [0.25, 0.3) is 10.9 Å². The van der Waals surface area contributed by atoms with Crippen molar-refractivity contribution in [2.24, 2.45) is 17.8 Å². The van der Waals surface area contributed by atoms with Gasteiger partial charge >= 0.3 is 12.1 Å². The van der Waals surface area contributed by atoms with Crippen molar-refractivity contribution in [3.8, 4) is 0 Å². The number of ketones is 2. The standard InChI is InChI=1S/C50H67FN4O11/c1-12-38-50(8)41(55(47(61)66-50)24-18-23-54(44(59)33-19-14-13-15-20-33)35-26-34-21-16-17-22-36(34)52-28-35)31(4)39(56)29(2)27-48(6,62-11)43(32(5)42(58)49(7,51)46(60)64-38)65-45-40(57)37(53(9)10)25-30(3)63-45/h13-17,19-22,26,28-32,37-38,40-41,43,45,57H,12,18,23-25,27H2,1-11H3/t29-,30-,31+,32+,37+,38-,40-,41-,43-,45+,48+,49+,50-/m1/s1. The Morgan fingerprint density at radius 3 is 2.30 bits per heavy atom. The second kappa shape index (κ2) is 20.2. The number of amides is 2. The van der Waals surface area contributed by atoms with Gasteiger partial charge in [0.15, 0.2) is 17.7 Å². The molecule has 15 nitrogen and oxygen atoms in total. The molecule has 0 unspecified atom stereocenters. The number of cyclic esters (lactones) is 1. The molecule has 0 spiro atoms. The van der Waals surface area contributed by atoms with Crippen molar-refractivity contribution in [3.63, 3.8) is 0 Å². The first kappa shape index (κ1) is 50.5. The number of pyridine rings is 1. The average molecular weight is 919 g/mol. The highest BCUT2D eigenvalue weighted by molar-refractivity contribution is 6.08. The Bertz CT molecular complexity index is 2250. The molecule has 3 fully saturated rings. The molecule has 3 aromatic rings. The van der Waals surface area contributed by atoms with Crippen LogP contribution in [0, 0.1) is 17.8 Å². The van der Waals surface area contributed by atoms with Gasteiger partial charge in [0.05, 0.1) is 41.3 Å². The van der Waals surface area contributed by atoms with Crippen LogP contribution in [0.3, 0.4) is 0 Å². The average Bonchev–Trinajstić information content (AvgIpc) is 3.56. The summed E-state index contributed by atoms with van der Waals surface area (Å²) in [6.07, 6.45) is -3.97. The molecule has 6 rings (SSSR count). The van der Waals surface area contributed by atoms with Crippen molar-refractivity contribution in [1.82, 2.24) is 14.8 Å². The van der Waals surface area contributed by atoms with E-state index in [-0.39, 0.29) is 56.2 Å². The molecule has 4 heterocycles. The van der Waals surface area contributed by atoms with E-state index in [9.17, 15) is 29.1 Å². The number of halogens is 1. The maximum absolute atomic E-state index is 17.1. The van der Waals surface area contributed by atoms with Gasteiger partial charge in [0.25, 0.3) is 11.6 Å². The number of alkyl halides is 1. The zero-order valence-electron chi connectivity index (χ0n) is 40.1. The summed E-state index contributed by atoms with van der Waals surface area (Å²) in [7, 11) is 5.01. The predicted octanol–water partition coefficient (Wildman–Crippen LogP) is 6.57. The van der Waals surface area contributed by atoms with Gasteiger partial charge in [-0.3, -0.25) is 19.4 Å². The summed E-state index contributed by atoms with van der Waals surface area (Å²) in [4.78, 5) is 81.2. The number of aliphatic hydroxyl groups is 1. The lowest BCUT2D eigenvalue weighted by Crippen LogP contribution is -2.61. The number of benzene rings is 2. The van der Waals surface area contributed by atoms with Crippen molar-refractivity contribution in [2.45, 2.75) is 141 Å². The Hall–Kier alpha value is -4.87. The van der Waals surface area contributed by atoms with Gasteiger partial charge in [0, 0.05) is 54.9 Å². The first-order valence-electron chi connectivity index (χ1n) is 23.0. The SMILES string of the molecule is CC[C@H]1OC(=O)[C@@](C)(F)C(=O)[C@H](C)[C@@H](O[C@@H]2O[C@H](C)C[C@H](N(C)C)[C@H]2O)[C@@](C)(OC)C[C@@H](C)C(=O)[C@H](C)[C@H]2N(CCCN(C(=O)c3ccccc3)c3cnc4ccccc4c3)C(=O)O[C@]12C. The number of carbonyl (C=O) groups is 5. The number of nitrogens with zero attached hydrogens (tertiary/aromatic N) is 4. The van der Waals surface area contributed by atoms with Crippen LogP contribution in [0.1, 0.15) is 91.4 Å². The van der Waals surface area contributed by atoms with Crippen molar-refractivity contribution < 1.29 is 57.2 Å². The minimum Gasteiger partial charge on any atom is -0.455 e. The Morgan fingerprint density at radius 2 is 1.65 bits per heavy atom. The van der Waals surface area contributed by atoms with E-state index in [4.69, 9.17) is 23.7 Å². The van der Waals surface area contributed by atoms with Crippen LogP contribution in [0.15, 0.2) is 66.9 Å². The third kappa shape index (κ3) is 9.89. The lowest BCUT2D eigenvalue weighted by atomic mass is 9.73. The molecule has 1 aromatic heterocycles. The summed E-state index contributed by atoms with van der Waals surface area (Å²) in [6, 6.07) is 16.8. The molecule has 3 saturated heterocycles. The van der Waals surface area contributed by atoms with Crippen LogP contribution in [0.5, 0.6) is 0 Å². The van der Waals surface area contributed by atoms with Crippen LogP contribution < -0.4 is 4.90 Å². The van der Waals surface area contributed by atoms with Gasteiger partial charge < -0.3 is 43.5 Å². The fourth-order valence-corrected chi connectivity index (χ4v) is 10.4. The topological polar surface area (TPSA) is 174 Å². The van der Waals surface area contributed by atoms with Gasteiger partial charge in [-0.1, -0.05) is 64.1 Å². The first-order valence-corrected chi connectivity index (χ1v) is 23.0. The number of anilines is 1. The summed E-state index contributed by atoms with van der Waals surface area (Å²) in [5, 5.41) is 12.3. The molecular formula is C50H67FN4O11. The number of aliphatic hydroxyl groups excluding tert-OH is 1. The molecule has 3 aliphatic rings. The molecule has 0 aliphatic carbocycles. The van der Waals surface area contributed by atoms with Gasteiger partial charge in [-0.05, 0) is 91.7 Å². The Balaban J connectivity index is 1.36. The van der Waals surface area contributed by atoms with Crippen LogP contribution in [-0.4, -0.2) is 143 Å². The molecule has 13 atom stereocenters. The molecule has 2 aromatic carbocycles. The Kier molecular flexibility index (Phi) is 15.4. The number of Topliss-reactive ketones (excluding diaryl/α,β-unsaturated/α-hetero) is 2. The van der Waals surface area contributed by atoms with Gasteiger partial charge in [0.1, 0.15) is 18.0 Å². The van der Waals surface area contributed by atoms with Crippen LogP contribution >= 0.6 is 0 Å². The number of likely N-dealkylation sites (N-methyl/N-ethyl adjacent to an activating group) is 1. The van der Waals surface area contributed by atoms with Crippen LogP contribution in [0.4, 0.5) is 14.9 Å². The number of esters is 1. The number of ether oxygens (including phenoxy) is 5. The number of rotatable bonds is 11. The number of para-hydroxylation sites is 1. The van der Waals surface area contributed by atoms with Gasteiger partial charge in [-0.2, -0.15) is 0 Å². The highest BCUT2D eigenvalue weighted by atomic mass is 19.1. The maximum atomic E-state index is 17.1. The Labute approximate surface area is 387 Å². The maximum Gasteiger partial charge on any atom is 0.410 e. The second-order valence-corrected chi connectivity index (χ2v) is 19.2. The number of fused-ring (bicyclic) bond motifs is 2. The summed E-state index contributed by atoms with van der Waals surface area (Å²) in [6.45, 7) is 12.5. The summed E-state index contributed by atoms with van der Waals surface area (Å²) < 4.78 is 47.9. The molecule has 0 radical (unpaired) electrons. The lowest BCUT2D eigenvalue weighted by molar-refractivity contribution is -0.295. The molecule has 2 amide bonds. The van der Waals surface area contributed by atoms with Crippen LogP contribution in [0.2, 0.25) is 0 Å². The zero-order valence-corrected chi connectivity index (χ0v) is 40.1. The van der Waals surface area contributed by atoms with E-state index in [1.807, 2.05) is 62.3 Å². The van der Waals surface area contributed by atoms with Gasteiger partial charge in [0.2, 0.25) is 0 Å². The molecule has 1 N–H and O–H groups in total. The molecule has 0 saturated carbocycles. The normalized spacial score (nSPS) is 34.7. The third-order valence-electron chi connectivity index (χ3n) is 14.1. The van der Waals surface area contributed by atoms with E-state index in [0.29, 0.717) is 17.7 Å². The molecule has 3 aliphatic heterocycles. The molecule has 16 heteroatoms. The molecule has 0 bridgehead atoms. The summed E-state index contributed by atoms with van der Waals surface area (Å²) in [5.41, 5.74) is -4.68. The van der Waals surface area contributed by atoms with E-state index < -0.39 is 83.1 Å². The lowest BCUT2D eigenvalue weighted by Gasteiger charge is -2.47. The predicted molar refractivity (Wildman–Crippen MR) is 244 cm³/mol. The number of methoxy groups -OCH3 is 1. The number of carbonyl (C=O) groups excluding carboxylic acids is 5. The number of aromatic nitrogens is 1. The van der Waals surface area contributed by atoms with Gasteiger partial charge in [-0.25, -0.2) is 14.0 Å². The van der Waals surface area contributed by atoms with E-state index in [0.717, 1.165) is 17.8 Å². The smallest absolute Gasteiger partial charge is 0.410 e. The summed E-state index contributed by atoms with van der Waals surface area (Å²) >= 11 is 0. The fraction of sp³-hybridized carbons (Fsp3) is 0.600. The second-order valence-electron chi connectivity index (χ2n) is 19.2. The minimum atomic E-state index is -3.23. The van der Waals surface area contributed by atoms with Crippen molar-refractivity contribution in [3.05, 3.63) is 72.4 Å². The minimum absolute atomic E-state index is 0.00760. The Morgan fingerprint density at radius 1 is 0.985 bits per heavy atom. The molecule has 360 valence electrons. The fourth-order valence-electron chi connectivity index (χ4n) is 10.4. The zero-order chi connectivity index (χ0) is 48.5. The van der Waals surface area contributed by atoms with Crippen molar-refractivity contribution in [2.75, 3.05) is 39.2 Å². The molecular weight excluding hydrogens is 852 g/mol. The summed E-state index contributed by atoms with van der Waals surface area (Å²) in [5.74, 6) is -6.42. The van der Waals surface area contributed by atoms with E-state index in [1.54, 1.807) is 70.0 Å². The van der Waals surface area contributed by atoms with Crippen molar-refractivity contribution >= 4 is 46.1 Å². The largest absolute Gasteiger partial charge is 0.455 e. The van der Waals surface area contributed by atoms with Gasteiger partial charge in [-0.15, -0.1) is 0 Å². The third-order valence-corrected chi connectivity index (χ3v) is 14.1. The van der Waals surface area contributed by atoms with Crippen LogP contribution in [-0.2, 0) is 38.1 Å². The first-order chi connectivity index (χ1) is 31.1. The van der Waals surface area contributed by atoms with Crippen molar-refractivity contribution in [1.29, 1.82) is 0 Å². The van der Waals surface area contributed by atoms with E-state index in [1.165, 1.54) is 18.9 Å². The number of hydrogen-bond donors (Lipinski definition) is 1. The molecule has 66 heavy (non-hydrogen) atoms. The van der Waals surface area contributed by atoms with E-state index >= 15 is 4.39 Å².